The van der Waals surface area contributed by atoms with Crippen molar-refractivity contribution in [1.29, 1.82) is 0 Å². The third-order valence-corrected chi connectivity index (χ3v) is 2.27. The van der Waals surface area contributed by atoms with Crippen LogP contribution in [-0.4, -0.2) is 17.2 Å². The van der Waals surface area contributed by atoms with Crippen LogP contribution >= 0.6 is 0 Å². The summed E-state index contributed by atoms with van der Waals surface area (Å²) in [5.74, 6) is -0.140. The number of ether oxygens (including phenoxy) is 1. The van der Waals surface area contributed by atoms with Crippen molar-refractivity contribution >= 4 is 11.7 Å². The van der Waals surface area contributed by atoms with E-state index in [9.17, 15) is 9.90 Å². The van der Waals surface area contributed by atoms with Crippen LogP contribution in [0.25, 0.3) is 0 Å². The Bertz CT molecular complexity index is 440. The van der Waals surface area contributed by atoms with E-state index in [4.69, 9.17) is 4.74 Å². The molecule has 1 aromatic rings. The first kappa shape index (κ1) is 10.5. The van der Waals surface area contributed by atoms with Gasteiger partial charge in [0, 0.05) is 29.9 Å². The Morgan fingerprint density at radius 2 is 2.31 bits per heavy atom. The molecule has 0 aliphatic carbocycles. The molecule has 2 rings (SSSR count). The number of hydrogen-bond acceptors (Lipinski definition) is 4. The highest BCUT2D eigenvalue weighted by Crippen LogP contribution is 2.21. The predicted octanol–water partition coefficient (Wildman–Crippen LogP) is 2.02. The number of cyclic esters (lactones) is 1. The molecule has 0 bridgehead atoms. The average Bonchev–Trinajstić information content (AvgIpc) is 2.15. The maximum atomic E-state index is 11.2. The Labute approximate surface area is 93.5 Å². The van der Waals surface area contributed by atoms with E-state index in [2.05, 4.69) is 5.32 Å². The third kappa shape index (κ3) is 2.53. The van der Waals surface area contributed by atoms with Crippen LogP contribution in [0.4, 0.5) is 5.69 Å². The minimum Gasteiger partial charge on any atom is -0.508 e. The highest BCUT2D eigenvalue weighted by molar-refractivity contribution is 5.84. The summed E-state index contributed by atoms with van der Waals surface area (Å²) in [6.07, 6.45) is 1.98. The Hall–Kier alpha value is -1.97. The van der Waals surface area contributed by atoms with Gasteiger partial charge in [0.25, 0.3) is 0 Å². The maximum Gasteiger partial charge on any atom is 0.332 e. The monoisotopic (exact) mass is 219 g/mol. The van der Waals surface area contributed by atoms with Gasteiger partial charge in [-0.15, -0.1) is 0 Å². The van der Waals surface area contributed by atoms with E-state index in [0.29, 0.717) is 6.42 Å². The van der Waals surface area contributed by atoms with Crippen molar-refractivity contribution in [2.24, 2.45) is 0 Å². The number of benzene rings is 1. The summed E-state index contributed by atoms with van der Waals surface area (Å²) in [7, 11) is 0. The fourth-order valence-electron chi connectivity index (χ4n) is 1.64. The highest BCUT2D eigenvalue weighted by Gasteiger charge is 2.17. The number of rotatable bonds is 2. The largest absolute Gasteiger partial charge is 0.508 e. The number of hydrogen-bond donors (Lipinski definition) is 2. The molecule has 1 heterocycles. The average molecular weight is 219 g/mol. The topological polar surface area (TPSA) is 58.6 Å². The Balaban J connectivity index is 2.13. The lowest BCUT2D eigenvalue weighted by Gasteiger charge is -2.20. The van der Waals surface area contributed by atoms with E-state index in [1.807, 2.05) is 13.0 Å². The van der Waals surface area contributed by atoms with Gasteiger partial charge in [0.05, 0.1) is 0 Å². The number of carbonyl (C=O) groups is 1. The molecule has 1 aliphatic heterocycles. The molecule has 4 nitrogen and oxygen atoms in total. The predicted molar refractivity (Wildman–Crippen MR) is 60.0 cm³/mol. The summed E-state index contributed by atoms with van der Waals surface area (Å²) < 4.78 is 4.97. The van der Waals surface area contributed by atoms with Crippen LogP contribution in [0.5, 0.6) is 5.75 Å². The van der Waals surface area contributed by atoms with Crippen molar-refractivity contribution in [1.82, 2.24) is 0 Å². The minimum absolute atomic E-state index is 0.114. The molecule has 1 atom stereocenters. The molecule has 1 aliphatic rings. The lowest BCUT2D eigenvalue weighted by molar-refractivity contribution is -0.143. The van der Waals surface area contributed by atoms with Gasteiger partial charge in [-0.2, -0.15) is 0 Å². The molecule has 0 saturated carbocycles. The molecule has 16 heavy (non-hydrogen) atoms. The van der Waals surface area contributed by atoms with Crippen molar-refractivity contribution in [2.45, 2.75) is 19.4 Å². The van der Waals surface area contributed by atoms with Gasteiger partial charge in [0.15, 0.2) is 0 Å². The number of nitrogens with one attached hydrogen (secondary N) is 1. The van der Waals surface area contributed by atoms with Crippen LogP contribution in [0.1, 0.15) is 13.3 Å². The minimum atomic E-state index is -0.332. The van der Waals surface area contributed by atoms with Crippen molar-refractivity contribution in [3.63, 3.8) is 0 Å². The molecule has 0 spiro atoms. The standard InChI is InChI=1S/C12H13NO3/c1-8-5-10(7-12(15)16-8)13-9-3-2-4-11(14)6-9/h2-4,6-8,13-14H,5H2,1H3/t8-/m0/s1. The number of phenols is 1. The van der Waals surface area contributed by atoms with E-state index in [1.54, 1.807) is 18.2 Å². The lowest BCUT2D eigenvalue weighted by atomic mass is 10.1. The van der Waals surface area contributed by atoms with Crippen LogP contribution in [0.15, 0.2) is 36.0 Å². The van der Waals surface area contributed by atoms with E-state index in [-0.39, 0.29) is 17.8 Å². The van der Waals surface area contributed by atoms with Gasteiger partial charge in [0.2, 0.25) is 0 Å². The molecule has 4 heteroatoms. The zero-order valence-corrected chi connectivity index (χ0v) is 8.93. The molecular formula is C12H13NO3. The second kappa shape index (κ2) is 4.26. The summed E-state index contributed by atoms with van der Waals surface area (Å²) in [5, 5.41) is 12.4. The van der Waals surface area contributed by atoms with E-state index < -0.39 is 0 Å². The quantitative estimate of drug-likeness (QED) is 0.747. The second-order valence-corrected chi connectivity index (χ2v) is 3.80. The van der Waals surface area contributed by atoms with Crippen LogP contribution in [-0.2, 0) is 9.53 Å². The Morgan fingerprint density at radius 1 is 1.50 bits per heavy atom. The Kier molecular flexibility index (Phi) is 2.81. The van der Waals surface area contributed by atoms with Gasteiger partial charge in [-0.3, -0.25) is 0 Å². The maximum absolute atomic E-state index is 11.2. The summed E-state index contributed by atoms with van der Waals surface area (Å²) in [4.78, 5) is 11.2. The SMILES string of the molecule is C[C@H]1CC(Nc2cccc(O)c2)=CC(=O)O1. The van der Waals surface area contributed by atoms with Crippen molar-refractivity contribution < 1.29 is 14.6 Å². The van der Waals surface area contributed by atoms with E-state index in [1.165, 1.54) is 6.08 Å². The number of carbonyl (C=O) groups excluding carboxylic acids is 1. The van der Waals surface area contributed by atoms with Crippen LogP contribution < -0.4 is 5.32 Å². The molecular weight excluding hydrogens is 206 g/mol. The molecule has 0 radical (unpaired) electrons. The van der Waals surface area contributed by atoms with Gasteiger partial charge in [-0.05, 0) is 19.1 Å². The first-order valence-corrected chi connectivity index (χ1v) is 5.11. The Morgan fingerprint density at radius 3 is 3.00 bits per heavy atom. The van der Waals surface area contributed by atoms with Crippen molar-refractivity contribution in [3.8, 4) is 5.75 Å². The fraction of sp³-hybridized carbons (Fsp3) is 0.250. The van der Waals surface area contributed by atoms with Crippen molar-refractivity contribution in [2.75, 3.05) is 5.32 Å². The van der Waals surface area contributed by atoms with Gasteiger partial charge in [-0.1, -0.05) is 6.07 Å². The number of anilines is 1. The molecule has 0 aromatic heterocycles. The molecule has 84 valence electrons. The first-order valence-electron chi connectivity index (χ1n) is 5.11. The summed E-state index contributed by atoms with van der Waals surface area (Å²) in [6, 6.07) is 6.76. The third-order valence-electron chi connectivity index (χ3n) is 2.27. The van der Waals surface area contributed by atoms with E-state index >= 15 is 0 Å². The van der Waals surface area contributed by atoms with Crippen LogP contribution in [0.2, 0.25) is 0 Å². The zero-order valence-electron chi connectivity index (χ0n) is 8.93. The van der Waals surface area contributed by atoms with Gasteiger partial charge in [0.1, 0.15) is 11.9 Å². The highest BCUT2D eigenvalue weighted by atomic mass is 16.5. The summed E-state index contributed by atoms with van der Waals surface area (Å²) >= 11 is 0. The number of esters is 1. The lowest BCUT2D eigenvalue weighted by Crippen LogP contribution is -2.22. The van der Waals surface area contributed by atoms with Crippen LogP contribution in [0, 0.1) is 0 Å². The fourth-order valence-corrected chi connectivity index (χ4v) is 1.64. The molecule has 0 fully saturated rings. The number of phenolic OH excluding ortho intramolecular Hbond substituents is 1. The molecule has 0 saturated heterocycles. The molecule has 0 unspecified atom stereocenters. The normalized spacial score (nSPS) is 19.9. The van der Waals surface area contributed by atoms with E-state index in [0.717, 1.165) is 11.4 Å². The van der Waals surface area contributed by atoms with Crippen LogP contribution in [0.3, 0.4) is 0 Å². The molecule has 1 aromatic carbocycles. The van der Waals surface area contributed by atoms with Gasteiger partial charge < -0.3 is 15.2 Å². The zero-order chi connectivity index (χ0) is 11.5. The summed E-state index contributed by atoms with van der Waals surface area (Å²) in [5.41, 5.74) is 1.56. The molecule has 0 amide bonds. The van der Waals surface area contributed by atoms with Crippen molar-refractivity contribution in [3.05, 3.63) is 36.0 Å². The molecule has 2 N–H and O–H groups in total. The smallest absolute Gasteiger partial charge is 0.332 e. The first-order chi connectivity index (χ1) is 7.63. The van der Waals surface area contributed by atoms with Gasteiger partial charge >= 0.3 is 5.97 Å². The van der Waals surface area contributed by atoms with Gasteiger partial charge in [-0.25, -0.2) is 4.79 Å². The second-order valence-electron chi connectivity index (χ2n) is 3.80. The summed E-state index contributed by atoms with van der Waals surface area (Å²) in [6.45, 7) is 1.84. The number of aromatic hydroxyl groups is 1.